The van der Waals surface area contributed by atoms with Gasteiger partial charge in [-0.15, -0.1) is 11.3 Å². The molecule has 1 saturated heterocycles. The quantitative estimate of drug-likeness (QED) is 0.421. The molecule has 7 heteroatoms. The number of nitrogens with zero attached hydrogens (tertiary/aromatic N) is 3. The average molecular weight is 473 g/mol. The van der Waals surface area contributed by atoms with Gasteiger partial charge in [0.1, 0.15) is 11.3 Å². The number of hydrogen-bond acceptors (Lipinski definition) is 6. The van der Waals surface area contributed by atoms with E-state index < -0.39 is 0 Å². The Labute approximate surface area is 203 Å². The van der Waals surface area contributed by atoms with Crippen LogP contribution in [0.1, 0.15) is 30.0 Å². The number of anilines is 1. The zero-order chi connectivity index (χ0) is 23.3. The molecule has 1 unspecified atom stereocenters. The molecule has 2 aromatic heterocycles. The monoisotopic (exact) mass is 472 g/mol. The van der Waals surface area contributed by atoms with Gasteiger partial charge in [0.2, 0.25) is 5.91 Å². The largest absolute Gasteiger partial charge is 0.494 e. The number of carbonyl (C=O) groups excluding carboxylic acids is 1. The second-order valence-corrected chi connectivity index (χ2v) is 10.9. The fourth-order valence-corrected chi connectivity index (χ4v) is 6.23. The molecule has 3 heterocycles. The summed E-state index contributed by atoms with van der Waals surface area (Å²) >= 11 is 1.68. The number of carbonyl (C=O) groups is 1. The highest BCUT2D eigenvalue weighted by Gasteiger charge is 2.58. The van der Waals surface area contributed by atoms with Crippen LogP contribution in [0.4, 0.5) is 5.69 Å². The molecular weight excluding hydrogens is 444 g/mol. The zero-order valence-electron chi connectivity index (χ0n) is 19.5. The third-order valence-corrected chi connectivity index (χ3v) is 8.42. The lowest BCUT2D eigenvalue weighted by Crippen LogP contribution is -2.36. The molecule has 6 rings (SSSR count). The van der Waals surface area contributed by atoms with E-state index in [1.807, 2.05) is 37.3 Å². The summed E-state index contributed by atoms with van der Waals surface area (Å²) in [6.07, 6.45) is 3.12. The van der Waals surface area contributed by atoms with Crippen molar-refractivity contribution in [3.05, 3.63) is 59.2 Å². The molecule has 1 spiro atoms. The minimum atomic E-state index is 0.116. The van der Waals surface area contributed by atoms with Crippen molar-refractivity contribution in [2.45, 2.75) is 32.7 Å². The highest BCUT2D eigenvalue weighted by molar-refractivity contribution is 7.18. The van der Waals surface area contributed by atoms with E-state index in [1.165, 1.54) is 0 Å². The van der Waals surface area contributed by atoms with Crippen LogP contribution in [0.2, 0.25) is 0 Å². The number of benzene rings is 2. The van der Waals surface area contributed by atoms with Crippen LogP contribution in [-0.2, 0) is 11.3 Å². The first kappa shape index (κ1) is 21.5. The van der Waals surface area contributed by atoms with Gasteiger partial charge in [-0.3, -0.25) is 9.69 Å². The summed E-state index contributed by atoms with van der Waals surface area (Å²) in [5.74, 6) is 1.08. The predicted molar refractivity (Wildman–Crippen MR) is 136 cm³/mol. The van der Waals surface area contributed by atoms with Crippen molar-refractivity contribution in [1.29, 1.82) is 0 Å². The molecular formula is C27H28N4O2S. The number of rotatable bonds is 5. The average Bonchev–Trinajstić information content (AvgIpc) is 3.42. The molecule has 1 N–H and O–H groups in total. The van der Waals surface area contributed by atoms with Gasteiger partial charge in [0.05, 0.1) is 28.0 Å². The summed E-state index contributed by atoms with van der Waals surface area (Å²) in [7, 11) is 1.69. The van der Waals surface area contributed by atoms with Gasteiger partial charge in [0.25, 0.3) is 0 Å². The summed E-state index contributed by atoms with van der Waals surface area (Å²) in [5.41, 5.74) is 3.95. The Bertz CT molecular complexity index is 1390. The minimum Gasteiger partial charge on any atom is -0.494 e. The highest BCUT2D eigenvalue weighted by Crippen LogP contribution is 2.59. The number of nitrogens with one attached hydrogen (secondary N) is 1. The van der Waals surface area contributed by atoms with Crippen LogP contribution in [-0.4, -0.2) is 41.0 Å². The summed E-state index contributed by atoms with van der Waals surface area (Å²) in [6.45, 7) is 4.84. The standard InChI is InChI=1S/C27H28N4O2S/c1-17-28-22-14-19(8-9-24(22)34-17)30-26(32)21-15-27(21)10-12-31(13-11-27)16-20-7-6-18-4-3-5-23(33-2)25(18)29-20/h3-9,14,21H,10-13,15-16H2,1-2H3,(H,30,32). The van der Waals surface area contributed by atoms with Crippen LogP contribution in [0.25, 0.3) is 21.1 Å². The second kappa shape index (κ2) is 8.32. The molecule has 2 aliphatic rings. The maximum Gasteiger partial charge on any atom is 0.228 e. The molecule has 4 aromatic rings. The van der Waals surface area contributed by atoms with Gasteiger partial charge in [0, 0.05) is 23.5 Å². The second-order valence-electron chi connectivity index (χ2n) is 9.63. The summed E-state index contributed by atoms with van der Waals surface area (Å²) in [4.78, 5) is 24.9. The normalized spacial score (nSPS) is 19.5. The number of fused-ring (bicyclic) bond motifs is 2. The first-order valence-corrected chi connectivity index (χ1v) is 12.7. The summed E-state index contributed by atoms with van der Waals surface area (Å²) < 4.78 is 6.65. The minimum absolute atomic E-state index is 0.116. The smallest absolute Gasteiger partial charge is 0.228 e. The summed E-state index contributed by atoms with van der Waals surface area (Å²) in [6, 6.07) is 16.3. The lowest BCUT2D eigenvalue weighted by Gasteiger charge is -2.32. The van der Waals surface area contributed by atoms with Crippen LogP contribution >= 0.6 is 11.3 Å². The van der Waals surface area contributed by atoms with Gasteiger partial charge >= 0.3 is 0 Å². The van der Waals surface area contributed by atoms with Crippen molar-refractivity contribution in [2.24, 2.45) is 11.3 Å². The number of likely N-dealkylation sites (tertiary alicyclic amines) is 1. The molecule has 1 atom stereocenters. The molecule has 174 valence electrons. The van der Waals surface area contributed by atoms with E-state index in [0.29, 0.717) is 0 Å². The van der Waals surface area contributed by atoms with Gasteiger partial charge in [-0.05, 0) is 75.0 Å². The Morgan fingerprint density at radius 1 is 1.18 bits per heavy atom. The van der Waals surface area contributed by atoms with Gasteiger partial charge in [-0.25, -0.2) is 9.97 Å². The number of methoxy groups -OCH3 is 1. The van der Waals surface area contributed by atoms with E-state index in [1.54, 1.807) is 18.4 Å². The topological polar surface area (TPSA) is 67.3 Å². The predicted octanol–water partition coefficient (Wildman–Crippen LogP) is 5.40. The van der Waals surface area contributed by atoms with E-state index in [-0.39, 0.29) is 17.2 Å². The molecule has 1 saturated carbocycles. The Balaban J connectivity index is 1.07. The molecule has 1 aliphatic carbocycles. The molecule has 1 aliphatic heterocycles. The van der Waals surface area contributed by atoms with Crippen LogP contribution in [0.15, 0.2) is 48.5 Å². The number of hydrogen-bond donors (Lipinski definition) is 1. The molecule has 2 aromatic carbocycles. The number of aromatic nitrogens is 2. The number of aryl methyl sites for hydroxylation is 1. The van der Waals surface area contributed by atoms with Crippen LogP contribution in [0.5, 0.6) is 5.75 Å². The lowest BCUT2D eigenvalue weighted by molar-refractivity contribution is -0.118. The number of ether oxygens (including phenoxy) is 1. The Hall–Kier alpha value is -3.03. The molecule has 0 bridgehead atoms. The van der Waals surface area contributed by atoms with Crippen LogP contribution < -0.4 is 10.1 Å². The SMILES string of the molecule is COc1cccc2ccc(CN3CCC4(CC3)CC4C(=O)Nc3ccc4sc(C)nc4c3)nc12. The van der Waals surface area contributed by atoms with Crippen LogP contribution in [0, 0.1) is 18.3 Å². The summed E-state index contributed by atoms with van der Waals surface area (Å²) in [5, 5.41) is 5.29. The first-order valence-electron chi connectivity index (χ1n) is 11.9. The van der Waals surface area contributed by atoms with E-state index in [4.69, 9.17) is 9.72 Å². The molecule has 2 fully saturated rings. The van der Waals surface area contributed by atoms with E-state index in [0.717, 1.165) is 82.2 Å². The Morgan fingerprint density at radius 3 is 2.85 bits per heavy atom. The fourth-order valence-electron chi connectivity index (χ4n) is 5.42. The first-order chi connectivity index (χ1) is 16.5. The third kappa shape index (κ3) is 3.93. The Morgan fingerprint density at radius 2 is 2.03 bits per heavy atom. The lowest BCUT2D eigenvalue weighted by atomic mass is 9.90. The van der Waals surface area contributed by atoms with Gasteiger partial charge < -0.3 is 10.1 Å². The molecule has 1 amide bonds. The Kier molecular flexibility index (Phi) is 5.26. The fraction of sp³-hybridized carbons (Fsp3) is 0.370. The number of piperidine rings is 1. The van der Waals surface area contributed by atoms with Gasteiger partial charge in [0.15, 0.2) is 0 Å². The maximum absolute atomic E-state index is 13.0. The van der Waals surface area contributed by atoms with E-state index in [9.17, 15) is 4.79 Å². The number of amides is 1. The van der Waals surface area contributed by atoms with E-state index >= 15 is 0 Å². The van der Waals surface area contributed by atoms with Crippen molar-refractivity contribution < 1.29 is 9.53 Å². The van der Waals surface area contributed by atoms with E-state index in [2.05, 4.69) is 33.4 Å². The van der Waals surface area contributed by atoms with Crippen LogP contribution in [0.3, 0.4) is 0 Å². The van der Waals surface area contributed by atoms with Crippen molar-refractivity contribution in [2.75, 3.05) is 25.5 Å². The van der Waals surface area contributed by atoms with Crippen molar-refractivity contribution >= 4 is 44.1 Å². The highest BCUT2D eigenvalue weighted by atomic mass is 32.1. The van der Waals surface area contributed by atoms with Crippen molar-refractivity contribution in [3.8, 4) is 5.75 Å². The number of thiazole rings is 1. The number of pyridine rings is 1. The van der Waals surface area contributed by atoms with Gasteiger partial charge in [-0.2, -0.15) is 0 Å². The van der Waals surface area contributed by atoms with Gasteiger partial charge in [-0.1, -0.05) is 18.2 Å². The van der Waals surface area contributed by atoms with Crippen molar-refractivity contribution in [3.63, 3.8) is 0 Å². The molecule has 6 nitrogen and oxygen atoms in total. The number of para-hydroxylation sites is 1. The molecule has 0 radical (unpaired) electrons. The maximum atomic E-state index is 13.0. The third-order valence-electron chi connectivity index (χ3n) is 7.47. The molecule has 34 heavy (non-hydrogen) atoms. The van der Waals surface area contributed by atoms with Crippen molar-refractivity contribution in [1.82, 2.24) is 14.9 Å². The zero-order valence-corrected chi connectivity index (χ0v) is 20.3.